The first-order valence-corrected chi connectivity index (χ1v) is 16.1. The van der Waals surface area contributed by atoms with Gasteiger partial charge < -0.3 is 10.2 Å². The van der Waals surface area contributed by atoms with Crippen LogP contribution in [0.3, 0.4) is 0 Å². The average Bonchev–Trinajstić information content (AvgIpc) is 3.59. The molecule has 2 atom stereocenters. The van der Waals surface area contributed by atoms with Gasteiger partial charge in [-0.25, -0.2) is 27.9 Å². The average molecular weight is 615 g/mol. The van der Waals surface area contributed by atoms with Gasteiger partial charge in [0.25, 0.3) is 0 Å². The van der Waals surface area contributed by atoms with E-state index in [2.05, 4.69) is 20.6 Å². The molecule has 2 N–H and O–H groups in total. The number of likely N-dealkylation sites (N-methyl/N-ethyl adjacent to an activating group) is 1. The van der Waals surface area contributed by atoms with E-state index >= 15 is 0 Å². The number of aromatic nitrogens is 2. The fourth-order valence-electron chi connectivity index (χ4n) is 5.63. The Balaban J connectivity index is 1.25. The Morgan fingerprint density at radius 3 is 2.61 bits per heavy atom. The number of benzene rings is 2. The number of fused-ring (bicyclic) bond motifs is 2. The largest absolute Gasteiger partial charge is 0.324 e. The highest BCUT2D eigenvalue weighted by Gasteiger charge is 2.35. The molecule has 0 saturated heterocycles. The quantitative estimate of drug-likeness (QED) is 0.446. The number of amides is 3. The summed E-state index contributed by atoms with van der Waals surface area (Å²) in [5, 5.41) is 10.6. The predicted octanol–water partition coefficient (Wildman–Crippen LogP) is 4.06. The lowest BCUT2D eigenvalue weighted by Gasteiger charge is -2.34. The number of aliphatic imine (C=N–C) groups is 2. The van der Waals surface area contributed by atoms with Gasteiger partial charge in [-0.05, 0) is 47.9 Å². The molecular formula is C31H34N8O4S. The van der Waals surface area contributed by atoms with E-state index in [0.717, 1.165) is 22.4 Å². The second kappa shape index (κ2) is 10.7. The molecule has 228 valence electrons. The Hall–Kier alpha value is -4.78. The van der Waals surface area contributed by atoms with Gasteiger partial charge in [0.05, 0.1) is 29.2 Å². The third kappa shape index (κ3) is 5.50. The molecular weight excluding hydrogens is 580 g/mol. The van der Waals surface area contributed by atoms with Crippen LogP contribution in [0, 0.1) is 0 Å². The van der Waals surface area contributed by atoms with Crippen molar-refractivity contribution in [3.8, 4) is 5.69 Å². The number of rotatable bonds is 5. The van der Waals surface area contributed by atoms with Crippen molar-refractivity contribution in [2.75, 3.05) is 34.8 Å². The van der Waals surface area contributed by atoms with Crippen LogP contribution in [0.25, 0.3) is 5.69 Å². The third-order valence-electron chi connectivity index (χ3n) is 7.92. The van der Waals surface area contributed by atoms with Crippen molar-refractivity contribution in [1.29, 1.82) is 0 Å². The zero-order chi connectivity index (χ0) is 31.4. The fourth-order valence-corrected chi connectivity index (χ4v) is 6.58. The van der Waals surface area contributed by atoms with E-state index in [0.29, 0.717) is 35.8 Å². The van der Waals surface area contributed by atoms with Gasteiger partial charge in [0.15, 0.2) is 6.17 Å². The van der Waals surface area contributed by atoms with Gasteiger partial charge in [-0.15, -0.1) is 0 Å². The van der Waals surface area contributed by atoms with Crippen molar-refractivity contribution in [3.63, 3.8) is 0 Å². The molecule has 12 nitrogen and oxygen atoms in total. The molecule has 3 aliphatic rings. The Bertz CT molecular complexity index is 1870. The molecule has 44 heavy (non-hydrogen) atoms. The van der Waals surface area contributed by atoms with Crippen LogP contribution in [-0.2, 0) is 26.7 Å². The van der Waals surface area contributed by atoms with E-state index in [1.54, 1.807) is 53.2 Å². The van der Waals surface area contributed by atoms with Gasteiger partial charge in [-0.1, -0.05) is 39.0 Å². The summed E-state index contributed by atoms with van der Waals surface area (Å²) in [6.07, 6.45) is 6.43. The first-order chi connectivity index (χ1) is 20.8. The molecule has 0 spiro atoms. The number of hydrogen-bond donors (Lipinski definition) is 2. The normalized spacial score (nSPS) is 19.5. The van der Waals surface area contributed by atoms with Gasteiger partial charge in [0.2, 0.25) is 15.9 Å². The van der Waals surface area contributed by atoms with Gasteiger partial charge in [0, 0.05) is 42.5 Å². The van der Waals surface area contributed by atoms with Crippen molar-refractivity contribution in [2.24, 2.45) is 9.98 Å². The van der Waals surface area contributed by atoms with E-state index < -0.39 is 22.0 Å². The Labute approximate surface area is 256 Å². The molecule has 3 amide bonds. The summed E-state index contributed by atoms with van der Waals surface area (Å²) < 4.78 is 27.5. The fraction of sp³-hybridized carbons (Fsp3) is 0.323. The van der Waals surface area contributed by atoms with Crippen LogP contribution in [0.1, 0.15) is 43.5 Å². The monoisotopic (exact) mass is 614 g/mol. The van der Waals surface area contributed by atoms with Crippen molar-refractivity contribution in [1.82, 2.24) is 14.7 Å². The van der Waals surface area contributed by atoms with Crippen molar-refractivity contribution in [3.05, 3.63) is 77.0 Å². The molecule has 0 bridgehead atoms. The van der Waals surface area contributed by atoms with Crippen LogP contribution in [0.15, 0.2) is 70.2 Å². The maximum Gasteiger partial charge on any atom is 0.324 e. The summed E-state index contributed by atoms with van der Waals surface area (Å²) in [5.74, 6) is -0.177. The highest BCUT2D eigenvalue weighted by Crippen LogP contribution is 2.34. The highest BCUT2D eigenvalue weighted by atomic mass is 32.2. The van der Waals surface area contributed by atoms with Crippen LogP contribution >= 0.6 is 0 Å². The molecule has 1 aromatic heterocycles. The van der Waals surface area contributed by atoms with E-state index in [9.17, 15) is 18.0 Å². The zero-order valence-corrected chi connectivity index (χ0v) is 26.0. The molecule has 2 aromatic carbocycles. The third-order valence-corrected chi connectivity index (χ3v) is 9.10. The first kappa shape index (κ1) is 29.3. The zero-order valence-electron chi connectivity index (χ0n) is 25.1. The summed E-state index contributed by atoms with van der Waals surface area (Å²) in [5.41, 5.74) is 4.82. The van der Waals surface area contributed by atoms with Gasteiger partial charge in [0.1, 0.15) is 12.2 Å². The molecule has 2 unspecified atom stereocenters. The van der Waals surface area contributed by atoms with Crippen LogP contribution in [-0.4, -0.2) is 73.6 Å². The summed E-state index contributed by atoms with van der Waals surface area (Å²) in [4.78, 5) is 36.5. The van der Waals surface area contributed by atoms with E-state index in [-0.39, 0.29) is 17.5 Å². The van der Waals surface area contributed by atoms with Crippen molar-refractivity contribution >= 4 is 51.7 Å². The first-order valence-electron chi connectivity index (χ1n) is 14.2. The number of hydrogen-bond acceptors (Lipinski definition) is 7. The van der Waals surface area contributed by atoms with Crippen LogP contribution in [0.4, 0.5) is 22.0 Å². The Morgan fingerprint density at radius 2 is 1.86 bits per heavy atom. The summed E-state index contributed by atoms with van der Waals surface area (Å²) >= 11 is 0. The number of anilines is 3. The topological polar surface area (TPSA) is 141 Å². The minimum Gasteiger partial charge on any atom is -0.319 e. The smallest absolute Gasteiger partial charge is 0.319 e. The van der Waals surface area contributed by atoms with E-state index in [1.165, 1.54) is 16.9 Å². The predicted molar refractivity (Wildman–Crippen MR) is 172 cm³/mol. The maximum absolute atomic E-state index is 13.3. The molecule has 0 fully saturated rings. The molecule has 3 aliphatic heterocycles. The number of sulfonamides is 1. The summed E-state index contributed by atoms with van der Waals surface area (Å²) in [6, 6.07) is 14.0. The van der Waals surface area contributed by atoms with Gasteiger partial charge in [-0.3, -0.25) is 14.4 Å². The lowest BCUT2D eigenvalue weighted by Crippen LogP contribution is -2.44. The molecule has 4 heterocycles. The summed E-state index contributed by atoms with van der Waals surface area (Å²) in [6.45, 7) is 6.50. The minimum atomic E-state index is -3.37. The van der Waals surface area contributed by atoms with Crippen molar-refractivity contribution < 1.29 is 18.0 Å². The van der Waals surface area contributed by atoms with Crippen LogP contribution in [0.5, 0.6) is 0 Å². The summed E-state index contributed by atoms with van der Waals surface area (Å²) in [7, 11) is -1.65. The molecule has 0 aliphatic carbocycles. The maximum atomic E-state index is 13.3. The Kier molecular flexibility index (Phi) is 7.15. The Morgan fingerprint density at radius 1 is 1.07 bits per heavy atom. The number of carbonyl (C=O) groups is 2. The number of nitrogens with zero attached hydrogens (tertiary/aromatic N) is 6. The standard InChI is InChI=1S/C31H34N8O4S/c1-31(2,3)26-16-27(39(36-26)23-9-10-25-20(14-23)11-12-38(25)44(5,42)43)35-30(41)34-22-8-6-7-19(13-22)24-15-21-17-32-18-33-28(21)37(4)29(24)40/h6-10,13-18,24,28H,11-12H2,1-5H3,(H2,34,35,41). The second-order valence-corrected chi connectivity index (χ2v) is 14.1. The SMILES string of the molecule is CN1C(=O)C(c2cccc(NC(=O)Nc3cc(C(C)(C)C)nn3-c3ccc4c(c3)CCN4S(C)(=O)=O)c2)C=C2C=NC=NC21. The van der Waals surface area contributed by atoms with Gasteiger partial charge >= 0.3 is 6.03 Å². The number of carbonyl (C=O) groups excluding carboxylic acids is 2. The number of urea groups is 1. The van der Waals surface area contributed by atoms with Gasteiger partial charge in [-0.2, -0.15) is 5.10 Å². The van der Waals surface area contributed by atoms with Crippen molar-refractivity contribution in [2.45, 2.75) is 44.7 Å². The second-order valence-electron chi connectivity index (χ2n) is 12.2. The molecule has 0 saturated carbocycles. The molecule has 3 aromatic rings. The molecule has 13 heteroatoms. The highest BCUT2D eigenvalue weighted by molar-refractivity contribution is 7.92. The lowest BCUT2D eigenvalue weighted by atomic mass is 9.90. The van der Waals surface area contributed by atoms with E-state index in [4.69, 9.17) is 5.10 Å². The van der Waals surface area contributed by atoms with E-state index in [1.807, 2.05) is 45.0 Å². The molecule has 6 rings (SSSR count). The molecule has 0 radical (unpaired) electrons. The van der Waals surface area contributed by atoms with Crippen LogP contribution in [0.2, 0.25) is 0 Å². The minimum absolute atomic E-state index is 0.0968. The number of nitrogens with one attached hydrogen (secondary N) is 2. The van der Waals surface area contributed by atoms with Crippen LogP contribution < -0.4 is 14.9 Å². The lowest BCUT2D eigenvalue weighted by molar-refractivity contribution is -0.132.